The smallest absolute Gasteiger partial charge is 0.312 e. The predicted molar refractivity (Wildman–Crippen MR) is 114 cm³/mol. The van der Waals surface area contributed by atoms with Gasteiger partial charge in [0.2, 0.25) is 5.75 Å². The van der Waals surface area contributed by atoms with Gasteiger partial charge in [0, 0.05) is 25.3 Å². The molecule has 1 aromatic carbocycles. The lowest BCUT2D eigenvalue weighted by Gasteiger charge is -2.50. The average molecular weight is 496 g/mol. The summed E-state index contributed by atoms with van der Waals surface area (Å²) in [5.41, 5.74) is 1.22. The first-order chi connectivity index (χ1) is 14.5. The van der Waals surface area contributed by atoms with Crippen molar-refractivity contribution >= 4 is 33.6 Å². The molecule has 0 heterocycles. The quantitative estimate of drug-likeness (QED) is 0.375. The van der Waals surface area contributed by atoms with Gasteiger partial charge in [0.1, 0.15) is 12.2 Å². The zero-order valence-corrected chi connectivity index (χ0v) is 19.3. The Bertz CT molecular complexity index is 964. The summed E-state index contributed by atoms with van der Waals surface area (Å²) >= 11 is 3.37. The zero-order chi connectivity index (χ0) is 22.7. The molecule has 8 nitrogen and oxygen atoms in total. The molecule has 0 amide bonds. The van der Waals surface area contributed by atoms with Crippen molar-refractivity contribution in [3.05, 3.63) is 31.8 Å². The second-order valence-corrected chi connectivity index (χ2v) is 10.0. The van der Waals surface area contributed by atoms with E-state index in [9.17, 15) is 24.8 Å². The largest absolute Gasteiger partial charge is 0.501 e. The second kappa shape index (κ2) is 7.76. The number of fused-ring (bicyclic) bond motifs is 5. The number of phenols is 1. The van der Waals surface area contributed by atoms with Crippen molar-refractivity contribution in [3.63, 3.8) is 0 Å². The van der Waals surface area contributed by atoms with Gasteiger partial charge in [0.25, 0.3) is 0 Å². The number of nitro benzene ring substituents is 1. The molecule has 0 aliphatic heterocycles. The van der Waals surface area contributed by atoms with Crippen molar-refractivity contribution in [2.24, 2.45) is 17.3 Å². The molecule has 0 saturated heterocycles. The Labute approximate surface area is 188 Å². The Morgan fingerprint density at radius 2 is 1.94 bits per heavy atom. The zero-order valence-electron chi connectivity index (χ0n) is 17.7. The highest BCUT2D eigenvalue weighted by atomic mass is 79.9. The van der Waals surface area contributed by atoms with Gasteiger partial charge in [-0.15, -0.1) is 0 Å². The number of phenolic OH excluding ortho intramolecular Hbond substituents is 1. The van der Waals surface area contributed by atoms with Gasteiger partial charge in [0.15, 0.2) is 0 Å². The molecule has 0 unspecified atom stereocenters. The normalized spacial score (nSPS) is 33.6. The van der Waals surface area contributed by atoms with E-state index in [0.29, 0.717) is 17.3 Å². The lowest BCUT2D eigenvalue weighted by molar-refractivity contribution is -0.386. The summed E-state index contributed by atoms with van der Waals surface area (Å²) in [6.07, 6.45) is 2.69. The number of ether oxygens (including phenoxy) is 2. The molecule has 168 valence electrons. The highest BCUT2D eigenvalue weighted by Gasteiger charge is 2.61. The molecule has 2 fully saturated rings. The van der Waals surface area contributed by atoms with Crippen LogP contribution in [0, 0.1) is 27.4 Å². The number of nitrogens with zero attached hydrogens (tertiary/aromatic N) is 1. The Balaban J connectivity index is 1.73. The predicted octanol–water partition coefficient (Wildman–Crippen LogP) is 4.39. The van der Waals surface area contributed by atoms with E-state index in [1.807, 2.05) is 0 Å². The molecule has 6 atom stereocenters. The van der Waals surface area contributed by atoms with Gasteiger partial charge < -0.3 is 14.6 Å². The fourth-order valence-electron chi connectivity index (χ4n) is 6.45. The molecular formula is C22H26BrNO7. The van der Waals surface area contributed by atoms with Crippen LogP contribution in [0.3, 0.4) is 0 Å². The molecule has 4 rings (SSSR count). The van der Waals surface area contributed by atoms with Crippen molar-refractivity contribution in [1.29, 1.82) is 0 Å². The van der Waals surface area contributed by atoms with Crippen LogP contribution in [-0.2, 0) is 25.5 Å². The first-order valence-corrected chi connectivity index (χ1v) is 11.4. The van der Waals surface area contributed by atoms with E-state index in [1.54, 1.807) is 0 Å². The maximum Gasteiger partial charge on any atom is 0.312 e. The van der Waals surface area contributed by atoms with E-state index in [4.69, 9.17) is 9.47 Å². The van der Waals surface area contributed by atoms with Crippen molar-refractivity contribution < 1.29 is 29.1 Å². The van der Waals surface area contributed by atoms with Gasteiger partial charge >= 0.3 is 17.6 Å². The minimum atomic E-state index is -0.556. The number of nitro groups is 1. The fraction of sp³-hybridized carbons (Fsp3) is 0.636. The summed E-state index contributed by atoms with van der Waals surface area (Å²) in [6.45, 7) is 4.83. The van der Waals surface area contributed by atoms with E-state index >= 15 is 0 Å². The van der Waals surface area contributed by atoms with Crippen molar-refractivity contribution in [2.45, 2.75) is 71.0 Å². The van der Waals surface area contributed by atoms with E-state index in [2.05, 4.69) is 22.9 Å². The molecule has 3 aliphatic rings. The molecule has 0 spiro atoms. The monoisotopic (exact) mass is 495 g/mol. The molecular weight excluding hydrogens is 470 g/mol. The summed E-state index contributed by atoms with van der Waals surface area (Å²) < 4.78 is 11.7. The molecule has 31 heavy (non-hydrogen) atoms. The van der Waals surface area contributed by atoms with Crippen LogP contribution in [0.5, 0.6) is 5.75 Å². The third-order valence-electron chi connectivity index (χ3n) is 7.64. The molecule has 2 saturated carbocycles. The Morgan fingerprint density at radius 3 is 2.55 bits per heavy atom. The van der Waals surface area contributed by atoms with Gasteiger partial charge in [-0.05, 0) is 76.9 Å². The lowest BCUT2D eigenvalue weighted by Crippen LogP contribution is -2.46. The number of benzene rings is 1. The van der Waals surface area contributed by atoms with Crippen LogP contribution in [0.2, 0.25) is 0 Å². The maximum absolute atomic E-state index is 11.8. The number of esters is 2. The molecule has 0 radical (unpaired) electrons. The Kier molecular flexibility index (Phi) is 5.52. The summed E-state index contributed by atoms with van der Waals surface area (Å²) in [7, 11) is 0. The van der Waals surface area contributed by atoms with Crippen LogP contribution in [0.25, 0.3) is 0 Å². The summed E-state index contributed by atoms with van der Waals surface area (Å²) in [5, 5.41) is 21.7. The number of halogens is 1. The van der Waals surface area contributed by atoms with Gasteiger partial charge in [-0.1, -0.05) is 6.92 Å². The summed E-state index contributed by atoms with van der Waals surface area (Å²) in [4.78, 5) is 34.4. The van der Waals surface area contributed by atoms with Gasteiger partial charge in [0.05, 0.1) is 9.40 Å². The SMILES string of the molecule is CC(=O)O[C@@H]1C[C@H]2[C@@H]3CCc4c(cc([N+](=O)[O-])c(O)c4Br)[C@H]3CC[C@]2(C)[C@H]1OC(C)=O. The van der Waals surface area contributed by atoms with E-state index in [1.165, 1.54) is 19.9 Å². The third-order valence-corrected chi connectivity index (χ3v) is 8.49. The van der Waals surface area contributed by atoms with Crippen molar-refractivity contribution in [3.8, 4) is 5.75 Å². The van der Waals surface area contributed by atoms with Crippen LogP contribution >= 0.6 is 15.9 Å². The molecule has 1 N–H and O–H groups in total. The molecule has 3 aliphatic carbocycles. The van der Waals surface area contributed by atoms with Crippen LogP contribution in [-0.4, -0.2) is 34.2 Å². The molecule has 0 aromatic heterocycles. The highest BCUT2D eigenvalue weighted by Crippen LogP contribution is 2.63. The van der Waals surface area contributed by atoms with Crippen molar-refractivity contribution in [2.75, 3.05) is 0 Å². The Hall–Kier alpha value is -2.16. The van der Waals surface area contributed by atoms with Crippen LogP contribution < -0.4 is 0 Å². The Morgan fingerprint density at radius 1 is 1.26 bits per heavy atom. The molecule has 9 heteroatoms. The molecule has 0 bridgehead atoms. The van der Waals surface area contributed by atoms with Gasteiger partial charge in [-0.2, -0.15) is 0 Å². The number of carbonyl (C=O) groups is 2. The van der Waals surface area contributed by atoms with Crippen LogP contribution in [0.4, 0.5) is 5.69 Å². The van der Waals surface area contributed by atoms with Gasteiger partial charge in [-0.3, -0.25) is 19.7 Å². The first kappa shape index (κ1) is 22.0. The first-order valence-electron chi connectivity index (χ1n) is 10.6. The minimum Gasteiger partial charge on any atom is -0.501 e. The summed E-state index contributed by atoms with van der Waals surface area (Å²) in [6, 6.07) is 1.52. The van der Waals surface area contributed by atoms with Crippen molar-refractivity contribution in [1.82, 2.24) is 0 Å². The van der Waals surface area contributed by atoms with Crippen LogP contribution in [0.15, 0.2) is 10.5 Å². The number of rotatable bonds is 3. The lowest BCUT2D eigenvalue weighted by atomic mass is 9.55. The standard InChI is InChI=1S/C22H26BrNO7/c1-10(25)30-18-9-16-13-4-5-14-15(8-17(24(28)29)20(27)19(14)23)12(13)6-7-22(16,3)21(18)31-11(2)26/h8,12-13,16,18,21,27H,4-7,9H2,1-3H3/t12-,13+,16-,18+,21-,22-/m0/s1. The average Bonchev–Trinajstić information content (AvgIpc) is 2.95. The number of hydrogen-bond acceptors (Lipinski definition) is 7. The van der Waals surface area contributed by atoms with E-state index in [0.717, 1.165) is 30.4 Å². The fourth-order valence-corrected chi connectivity index (χ4v) is 7.08. The summed E-state index contributed by atoms with van der Waals surface area (Å²) in [5.74, 6) is -0.638. The topological polar surface area (TPSA) is 116 Å². The number of aromatic hydroxyl groups is 1. The third kappa shape index (κ3) is 3.50. The van der Waals surface area contributed by atoms with Gasteiger partial charge in [-0.25, -0.2) is 0 Å². The minimum absolute atomic E-state index is 0.103. The maximum atomic E-state index is 11.8. The molecule has 1 aromatic rings. The van der Waals surface area contributed by atoms with E-state index in [-0.39, 0.29) is 34.6 Å². The second-order valence-electron chi connectivity index (χ2n) is 9.26. The van der Waals surface area contributed by atoms with Crippen LogP contribution in [0.1, 0.15) is 63.5 Å². The highest BCUT2D eigenvalue weighted by molar-refractivity contribution is 9.10. The number of hydrogen-bond donors (Lipinski definition) is 1. The number of carbonyl (C=O) groups excluding carboxylic acids is 2. The van der Waals surface area contributed by atoms with E-state index < -0.39 is 29.1 Å².